The van der Waals surface area contributed by atoms with Crippen molar-refractivity contribution in [1.29, 1.82) is 0 Å². The summed E-state index contributed by atoms with van der Waals surface area (Å²) in [5.41, 5.74) is 3.43. The summed E-state index contributed by atoms with van der Waals surface area (Å²) in [6, 6.07) is 2.72. The maximum Gasteiger partial charge on any atom is 0.241 e. The maximum absolute atomic E-state index is 13.4. The molecule has 100 valence electrons. The van der Waals surface area contributed by atoms with E-state index in [1.165, 1.54) is 12.1 Å². The quantitative estimate of drug-likeness (QED) is 0.634. The highest BCUT2D eigenvalue weighted by Gasteiger charge is 2.24. The molecule has 3 aromatic rings. The predicted molar refractivity (Wildman–Crippen MR) is 73.7 cm³/mol. The topological polar surface area (TPSA) is 52.8 Å². The molecule has 1 aromatic carbocycles. The van der Waals surface area contributed by atoms with Crippen LogP contribution in [0.15, 0.2) is 22.8 Å². The van der Waals surface area contributed by atoms with Crippen LogP contribution in [0.3, 0.4) is 0 Å². The highest BCUT2D eigenvalue weighted by molar-refractivity contribution is 9.10. The lowest BCUT2D eigenvalue weighted by Crippen LogP contribution is -2.08. The second kappa shape index (κ2) is 3.99. The number of nitrogens with zero attached hydrogens (tertiary/aromatic N) is 4. The van der Waals surface area contributed by atoms with Crippen LogP contribution in [0.2, 0.25) is 0 Å². The Morgan fingerprint density at radius 3 is 3.05 bits per heavy atom. The molecule has 20 heavy (non-hydrogen) atoms. The number of benzene rings is 1. The lowest BCUT2D eigenvalue weighted by molar-refractivity contribution is 0.284. The van der Waals surface area contributed by atoms with Crippen molar-refractivity contribution in [3.8, 4) is 17.1 Å². The minimum absolute atomic E-state index is 0.347. The van der Waals surface area contributed by atoms with Gasteiger partial charge in [0.15, 0.2) is 0 Å². The zero-order valence-corrected chi connectivity index (χ0v) is 12.0. The van der Waals surface area contributed by atoms with Gasteiger partial charge >= 0.3 is 0 Å². The summed E-state index contributed by atoms with van der Waals surface area (Å²) in [5, 5.41) is 4.32. The summed E-state index contributed by atoms with van der Waals surface area (Å²) in [5.74, 6) is 0.0481. The Hall–Kier alpha value is -2.02. The molecule has 0 atom stereocenters. The average Bonchev–Trinajstić information content (AvgIpc) is 2.77. The van der Waals surface area contributed by atoms with Crippen molar-refractivity contribution in [3.63, 3.8) is 0 Å². The fourth-order valence-corrected chi connectivity index (χ4v) is 2.83. The third-order valence-corrected chi connectivity index (χ3v) is 3.77. The molecule has 1 aliphatic rings. The number of ether oxygens (including phenoxy) is 1. The summed E-state index contributed by atoms with van der Waals surface area (Å²) >= 11 is 3.32. The van der Waals surface area contributed by atoms with E-state index in [4.69, 9.17) is 4.74 Å². The fourth-order valence-electron chi connectivity index (χ4n) is 2.32. The van der Waals surface area contributed by atoms with E-state index in [9.17, 15) is 4.39 Å². The molecule has 0 aliphatic carbocycles. The Morgan fingerprint density at radius 1 is 1.35 bits per heavy atom. The van der Waals surface area contributed by atoms with Gasteiger partial charge in [-0.3, -0.25) is 4.68 Å². The number of rotatable bonds is 0. The molecule has 1 aliphatic heterocycles. The Morgan fingerprint density at radius 2 is 2.20 bits per heavy atom. The van der Waals surface area contributed by atoms with E-state index in [2.05, 4.69) is 31.0 Å². The molecule has 5 nitrogen and oxygen atoms in total. The summed E-state index contributed by atoms with van der Waals surface area (Å²) < 4.78 is 21.3. The van der Waals surface area contributed by atoms with Gasteiger partial charge in [0.05, 0.1) is 11.1 Å². The van der Waals surface area contributed by atoms with Crippen molar-refractivity contribution in [1.82, 2.24) is 19.7 Å². The second-order valence-electron chi connectivity index (χ2n) is 4.58. The van der Waals surface area contributed by atoms with E-state index in [1.54, 1.807) is 4.68 Å². The van der Waals surface area contributed by atoms with Crippen LogP contribution >= 0.6 is 15.9 Å². The molecule has 0 saturated heterocycles. The molecule has 7 heteroatoms. The third kappa shape index (κ3) is 1.62. The molecule has 0 bridgehead atoms. The lowest BCUT2D eigenvalue weighted by atomic mass is 10.1. The van der Waals surface area contributed by atoms with Crippen LogP contribution in [-0.2, 0) is 13.7 Å². The van der Waals surface area contributed by atoms with Crippen LogP contribution < -0.4 is 4.74 Å². The van der Waals surface area contributed by atoms with E-state index >= 15 is 0 Å². The van der Waals surface area contributed by atoms with Crippen LogP contribution in [0.4, 0.5) is 4.39 Å². The largest absolute Gasteiger partial charge is 0.469 e. The van der Waals surface area contributed by atoms with E-state index in [0.29, 0.717) is 33.7 Å². The van der Waals surface area contributed by atoms with Gasteiger partial charge in [-0.2, -0.15) is 5.10 Å². The molecule has 4 rings (SSSR count). The average molecular weight is 335 g/mol. The van der Waals surface area contributed by atoms with Crippen molar-refractivity contribution >= 4 is 27.0 Å². The van der Waals surface area contributed by atoms with Gasteiger partial charge in [-0.05, 0) is 22.0 Å². The SMILES string of the molecule is Cn1cc2c(n1)COc1nc3cc(F)cc(Br)c3nc1-2. The molecule has 0 fully saturated rings. The minimum atomic E-state index is -0.364. The number of hydrogen-bond donors (Lipinski definition) is 0. The Labute approximate surface area is 121 Å². The third-order valence-electron chi connectivity index (χ3n) is 3.16. The molecule has 3 heterocycles. The van der Waals surface area contributed by atoms with E-state index in [-0.39, 0.29) is 5.82 Å². The van der Waals surface area contributed by atoms with Crippen molar-refractivity contribution < 1.29 is 9.13 Å². The number of hydrogen-bond acceptors (Lipinski definition) is 4. The van der Waals surface area contributed by atoms with Crippen molar-refractivity contribution in [3.05, 3.63) is 34.3 Å². The van der Waals surface area contributed by atoms with Crippen LogP contribution in [0, 0.1) is 5.82 Å². The molecule has 0 spiro atoms. The minimum Gasteiger partial charge on any atom is -0.469 e. The molecule has 0 unspecified atom stereocenters. The summed E-state index contributed by atoms with van der Waals surface area (Å²) in [6.07, 6.45) is 1.88. The monoisotopic (exact) mass is 334 g/mol. The lowest BCUT2D eigenvalue weighted by Gasteiger charge is -2.15. The smallest absolute Gasteiger partial charge is 0.241 e. The van der Waals surface area contributed by atoms with Gasteiger partial charge in [-0.1, -0.05) is 0 Å². The van der Waals surface area contributed by atoms with Crippen molar-refractivity contribution in [2.45, 2.75) is 6.61 Å². The zero-order chi connectivity index (χ0) is 13.9. The molecule has 0 radical (unpaired) electrons. The van der Waals surface area contributed by atoms with Gasteiger partial charge < -0.3 is 4.74 Å². The summed E-state index contributed by atoms with van der Waals surface area (Å²) in [4.78, 5) is 8.91. The Balaban J connectivity index is 2.06. The standard InChI is InChI=1S/C13H8BrFN4O/c1-19-4-7-10(18-19)5-20-13-11(7)17-12-8(14)2-6(15)3-9(12)16-13/h2-4H,5H2,1H3. The van der Waals surface area contributed by atoms with Crippen LogP contribution in [0.1, 0.15) is 5.69 Å². The first-order valence-electron chi connectivity index (χ1n) is 5.94. The van der Waals surface area contributed by atoms with Crippen LogP contribution in [-0.4, -0.2) is 19.7 Å². The van der Waals surface area contributed by atoms with Gasteiger partial charge in [0.2, 0.25) is 5.88 Å². The molecule has 0 N–H and O–H groups in total. The summed E-state index contributed by atoms with van der Waals surface area (Å²) in [7, 11) is 1.85. The van der Waals surface area contributed by atoms with Gasteiger partial charge in [0.25, 0.3) is 0 Å². The van der Waals surface area contributed by atoms with E-state index in [1.807, 2.05) is 13.2 Å². The molecule has 0 amide bonds. The second-order valence-corrected chi connectivity index (χ2v) is 5.44. The van der Waals surface area contributed by atoms with Gasteiger partial charge in [-0.25, -0.2) is 14.4 Å². The number of aryl methyl sites for hydroxylation is 1. The highest BCUT2D eigenvalue weighted by atomic mass is 79.9. The first kappa shape index (κ1) is 11.8. The number of aromatic nitrogens is 4. The van der Waals surface area contributed by atoms with E-state index < -0.39 is 0 Å². The molecule has 0 saturated carbocycles. The van der Waals surface area contributed by atoms with Gasteiger partial charge in [0, 0.05) is 23.8 Å². The van der Waals surface area contributed by atoms with Crippen LogP contribution in [0.5, 0.6) is 5.88 Å². The van der Waals surface area contributed by atoms with Gasteiger partial charge in [0.1, 0.15) is 29.3 Å². The van der Waals surface area contributed by atoms with Crippen molar-refractivity contribution in [2.24, 2.45) is 7.05 Å². The molecular weight excluding hydrogens is 327 g/mol. The highest BCUT2D eigenvalue weighted by Crippen LogP contribution is 2.36. The maximum atomic E-state index is 13.4. The normalized spacial score (nSPS) is 12.9. The van der Waals surface area contributed by atoms with Crippen molar-refractivity contribution in [2.75, 3.05) is 0 Å². The molecular formula is C13H8BrFN4O. The fraction of sp³-hybridized carbons (Fsp3) is 0.154. The number of halogens is 2. The first-order valence-corrected chi connectivity index (χ1v) is 6.73. The predicted octanol–water partition coefficient (Wildman–Crippen LogP) is 2.82. The molecule has 2 aromatic heterocycles. The zero-order valence-electron chi connectivity index (χ0n) is 10.4. The first-order chi connectivity index (χ1) is 9.61. The van der Waals surface area contributed by atoms with Gasteiger partial charge in [-0.15, -0.1) is 0 Å². The Kier molecular flexibility index (Phi) is 2.35. The van der Waals surface area contributed by atoms with E-state index in [0.717, 1.165) is 11.3 Å². The van der Waals surface area contributed by atoms with Crippen LogP contribution in [0.25, 0.3) is 22.3 Å². The number of fused-ring (bicyclic) bond motifs is 4. The summed E-state index contributed by atoms with van der Waals surface area (Å²) in [6.45, 7) is 0.347. The Bertz CT molecular complexity index is 861.